The van der Waals surface area contributed by atoms with Crippen molar-refractivity contribution < 1.29 is 5.11 Å². The van der Waals surface area contributed by atoms with Gasteiger partial charge in [0.05, 0.1) is 23.9 Å². The van der Waals surface area contributed by atoms with Crippen LogP contribution in [0.5, 0.6) is 5.75 Å². The summed E-state index contributed by atoms with van der Waals surface area (Å²) in [5, 5.41) is 19.8. The number of rotatable bonds is 6. The van der Waals surface area contributed by atoms with Crippen molar-refractivity contribution in [1.82, 2.24) is 0 Å². The van der Waals surface area contributed by atoms with E-state index in [0.717, 1.165) is 53.1 Å². The van der Waals surface area contributed by atoms with Crippen molar-refractivity contribution in [2.24, 2.45) is 15.4 Å². The summed E-state index contributed by atoms with van der Waals surface area (Å²) in [4.78, 5) is 11.0. The fourth-order valence-electron chi connectivity index (χ4n) is 4.30. The first-order valence-electron chi connectivity index (χ1n) is 10.5. The van der Waals surface area contributed by atoms with Crippen LogP contribution >= 0.6 is 0 Å². The van der Waals surface area contributed by atoms with Gasteiger partial charge in [-0.1, -0.05) is 27.7 Å². The van der Waals surface area contributed by atoms with Crippen molar-refractivity contribution >= 4 is 23.8 Å². The summed E-state index contributed by atoms with van der Waals surface area (Å²) in [6, 6.07) is 6.33. The predicted octanol–water partition coefficient (Wildman–Crippen LogP) is 5.39. The number of allylic oxidation sites excluding steroid dienone is 1. The van der Waals surface area contributed by atoms with Crippen molar-refractivity contribution in [2.75, 3.05) is 18.5 Å². The Morgan fingerprint density at radius 3 is 2.52 bits per heavy atom. The summed E-state index contributed by atoms with van der Waals surface area (Å²) in [6.07, 6.45) is 3.43. The van der Waals surface area contributed by atoms with Crippen molar-refractivity contribution in [3.63, 3.8) is 0 Å². The molecule has 0 radical (unpaired) electrons. The van der Waals surface area contributed by atoms with Gasteiger partial charge in [-0.05, 0) is 56.0 Å². The number of nitriles is 1. The molecule has 1 N–H and O–H groups in total. The largest absolute Gasteiger partial charge is 0.506 e. The molecule has 2 aliphatic carbocycles. The molecule has 0 unspecified atom stereocenters. The van der Waals surface area contributed by atoms with Gasteiger partial charge in [0.2, 0.25) is 0 Å². The van der Waals surface area contributed by atoms with Gasteiger partial charge in [0.15, 0.2) is 0 Å². The predicted molar refractivity (Wildman–Crippen MR) is 123 cm³/mol. The van der Waals surface area contributed by atoms with Crippen molar-refractivity contribution in [3.05, 3.63) is 28.8 Å². The van der Waals surface area contributed by atoms with Crippen LogP contribution < -0.4 is 4.90 Å². The summed E-state index contributed by atoms with van der Waals surface area (Å²) >= 11 is 0. The van der Waals surface area contributed by atoms with Crippen LogP contribution in [0, 0.1) is 16.7 Å². The average Bonchev–Trinajstić information content (AvgIpc) is 3.54. The highest BCUT2D eigenvalue weighted by Crippen LogP contribution is 2.50. The number of hydrogen-bond donors (Lipinski definition) is 1. The Bertz CT molecular complexity index is 870. The molecule has 29 heavy (non-hydrogen) atoms. The van der Waals surface area contributed by atoms with Gasteiger partial charge < -0.3 is 10.0 Å². The lowest BCUT2D eigenvalue weighted by molar-refractivity contribution is 0.446. The molecule has 0 atom stereocenters. The minimum Gasteiger partial charge on any atom is -0.506 e. The first-order chi connectivity index (χ1) is 13.9. The van der Waals surface area contributed by atoms with Crippen LogP contribution in [0.1, 0.15) is 65.0 Å². The van der Waals surface area contributed by atoms with Gasteiger partial charge in [-0.3, -0.25) is 9.98 Å². The second-order valence-electron chi connectivity index (χ2n) is 8.04. The van der Waals surface area contributed by atoms with Crippen LogP contribution in [0.4, 0.5) is 5.69 Å². The van der Waals surface area contributed by atoms with Crippen LogP contribution in [-0.2, 0) is 6.42 Å². The highest BCUT2D eigenvalue weighted by molar-refractivity contribution is 6.07. The summed E-state index contributed by atoms with van der Waals surface area (Å²) in [5.74, 6) is 0.280. The topological polar surface area (TPSA) is 72.0 Å². The zero-order valence-electron chi connectivity index (χ0n) is 18.7. The second kappa shape index (κ2) is 9.26. The number of aliphatic imine (C=N–C) groups is 2. The Morgan fingerprint density at radius 2 is 2.00 bits per heavy atom. The molecule has 1 fully saturated rings. The lowest BCUT2D eigenvalue weighted by Crippen LogP contribution is -2.32. The number of hydrogen-bond acceptors (Lipinski definition) is 5. The SMILES string of the molecule is C=NC1=C(C(C)=NC)C(C)(C)Cc2c1ccc(O)c2N(CCC#N)C1CC1.CC. The molecule has 5 nitrogen and oxygen atoms in total. The molecule has 0 aromatic heterocycles. The zero-order chi connectivity index (χ0) is 21.8. The van der Waals surface area contributed by atoms with Gasteiger partial charge in [-0.25, -0.2) is 0 Å². The first-order valence-corrected chi connectivity index (χ1v) is 10.5. The van der Waals surface area contributed by atoms with Crippen LogP contribution in [0.2, 0.25) is 0 Å². The highest BCUT2D eigenvalue weighted by Gasteiger charge is 2.39. The maximum atomic E-state index is 10.8. The molecule has 0 bridgehead atoms. The van der Waals surface area contributed by atoms with Crippen LogP contribution in [-0.4, -0.2) is 37.2 Å². The van der Waals surface area contributed by atoms with Gasteiger partial charge in [0, 0.05) is 36.5 Å². The first kappa shape index (κ1) is 22.7. The van der Waals surface area contributed by atoms with E-state index in [0.29, 0.717) is 19.0 Å². The van der Waals surface area contributed by atoms with E-state index in [4.69, 9.17) is 5.26 Å². The lowest BCUT2D eigenvalue weighted by atomic mass is 9.69. The van der Waals surface area contributed by atoms with Crippen molar-refractivity contribution in [2.45, 2.75) is 66.3 Å². The maximum Gasteiger partial charge on any atom is 0.139 e. The summed E-state index contributed by atoms with van der Waals surface area (Å²) < 4.78 is 0. The summed E-state index contributed by atoms with van der Waals surface area (Å²) in [6.45, 7) is 14.9. The van der Waals surface area contributed by atoms with E-state index in [9.17, 15) is 5.11 Å². The molecular weight excluding hydrogens is 360 g/mol. The Morgan fingerprint density at radius 1 is 1.34 bits per heavy atom. The number of fused-ring (bicyclic) bond motifs is 1. The van der Waals surface area contributed by atoms with E-state index in [1.165, 1.54) is 0 Å². The molecule has 3 rings (SSSR count). The van der Waals surface area contributed by atoms with Crippen LogP contribution in [0.3, 0.4) is 0 Å². The Hall–Kier alpha value is -2.61. The minimum absolute atomic E-state index is 0.180. The molecule has 1 aromatic carbocycles. The molecular formula is C24H34N4O. The number of benzene rings is 1. The number of phenols is 1. The van der Waals surface area contributed by atoms with E-state index in [2.05, 4.69) is 41.5 Å². The molecule has 0 saturated heterocycles. The van der Waals surface area contributed by atoms with E-state index in [-0.39, 0.29) is 11.2 Å². The van der Waals surface area contributed by atoms with Gasteiger partial charge in [0.1, 0.15) is 5.75 Å². The van der Waals surface area contributed by atoms with Gasteiger partial charge >= 0.3 is 0 Å². The normalized spacial score (nSPS) is 17.6. The molecule has 5 heteroatoms. The van der Waals surface area contributed by atoms with E-state index < -0.39 is 0 Å². The fourth-order valence-corrected chi connectivity index (χ4v) is 4.30. The molecule has 0 spiro atoms. The van der Waals surface area contributed by atoms with Gasteiger partial charge in [-0.15, -0.1) is 0 Å². The van der Waals surface area contributed by atoms with E-state index >= 15 is 0 Å². The number of phenolic OH excluding ortho intramolecular Hbond substituents is 1. The minimum atomic E-state index is -0.180. The van der Waals surface area contributed by atoms with Crippen LogP contribution in [0.15, 0.2) is 27.7 Å². The maximum absolute atomic E-state index is 10.8. The average molecular weight is 395 g/mol. The Kier molecular flexibility index (Phi) is 7.24. The number of anilines is 1. The number of aromatic hydroxyl groups is 1. The van der Waals surface area contributed by atoms with Crippen LogP contribution in [0.25, 0.3) is 5.70 Å². The summed E-state index contributed by atoms with van der Waals surface area (Å²) in [5.41, 5.74) is 5.72. The third-order valence-electron chi connectivity index (χ3n) is 5.64. The lowest BCUT2D eigenvalue weighted by Gasteiger charge is -2.38. The molecule has 1 saturated carbocycles. The standard InChI is InChI=1S/C22H28N4O.C2H6/c1-14(24-4)19-20(25-5)16-9-10-18(27)21(17(16)13-22(19,2)3)26(12-6-11-23)15-7-8-15;1-2/h9-10,15,27H,5-8,12-13H2,1-4H3;1-2H3. The fraction of sp³-hybridized carbons (Fsp3) is 0.542. The monoisotopic (exact) mass is 394 g/mol. The molecule has 156 valence electrons. The van der Waals surface area contributed by atoms with Gasteiger partial charge in [0.25, 0.3) is 0 Å². The number of nitrogens with zero attached hydrogens (tertiary/aromatic N) is 4. The molecule has 1 aromatic rings. The zero-order valence-corrected chi connectivity index (χ0v) is 18.7. The van der Waals surface area contributed by atoms with Crippen molar-refractivity contribution in [1.29, 1.82) is 5.26 Å². The second-order valence-corrected chi connectivity index (χ2v) is 8.04. The molecule has 2 aliphatic rings. The third kappa shape index (κ3) is 4.37. The summed E-state index contributed by atoms with van der Waals surface area (Å²) in [7, 11) is 1.80. The quantitative estimate of drug-likeness (QED) is 0.658. The smallest absolute Gasteiger partial charge is 0.139 e. The molecule has 0 amide bonds. The molecule has 0 aliphatic heterocycles. The van der Waals surface area contributed by atoms with Crippen molar-refractivity contribution in [3.8, 4) is 11.8 Å². The van der Waals surface area contributed by atoms with Gasteiger partial charge in [-0.2, -0.15) is 5.26 Å². The molecule has 0 heterocycles. The highest BCUT2D eigenvalue weighted by atomic mass is 16.3. The van der Waals surface area contributed by atoms with E-state index in [1.54, 1.807) is 13.1 Å². The third-order valence-corrected chi connectivity index (χ3v) is 5.64. The Balaban J connectivity index is 0.00000145. The Labute approximate surface area is 175 Å². The van der Waals surface area contributed by atoms with E-state index in [1.807, 2.05) is 26.8 Å².